The van der Waals surface area contributed by atoms with E-state index in [1.165, 1.54) is 5.56 Å². The number of hydrogen-bond acceptors (Lipinski definition) is 2. The van der Waals surface area contributed by atoms with Gasteiger partial charge in [0.1, 0.15) is 0 Å². The van der Waals surface area contributed by atoms with Gasteiger partial charge in [-0.1, -0.05) is 40.9 Å². The third-order valence-electron chi connectivity index (χ3n) is 5.09. The molecule has 1 aromatic rings. The molecule has 3 rings (SSSR count). The fourth-order valence-corrected chi connectivity index (χ4v) is 4.04. The highest BCUT2D eigenvalue weighted by atomic mass is 79.9. The molecule has 122 valence electrons. The highest BCUT2D eigenvalue weighted by Crippen LogP contribution is 2.43. The van der Waals surface area contributed by atoms with Gasteiger partial charge >= 0.3 is 0 Å². The molecule has 0 unspecified atom stereocenters. The smallest absolute Gasteiger partial charge is 0.233 e. The van der Waals surface area contributed by atoms with Gasteiger partial charge in [0.2, 0.25) is 5.91 Å². The Morgan fingerprint density at radius 2 is 1.68 bits per heavy atom. The molecule has 0 spiro atoms. The number of carbonyl (C=O) groups is 1. The van der Waals surface area contributed by atoms with Crippen LogP contribution in [0.4, 0.5) is 0 Å². The molecule has 2 N–H and O–H groups in total. The second kappa shape index (κ2) is 7.33. The summed E-state index contributed by atoms with van der Waals surface area (Å²) in [7, 11) is 0. The molecule has 0 radical (unpaired) electrons. The lowest BCUT2D eigenvalue weighted by Crippen LogP contribution is -2.50. The molecule has 1 aromatic carbocycles. The van der Waals surface area contributed by atoms with Crippen molar-refractivity contribution in [2.24, 2.45) is 5.73 Å². The lowest BCUT2D eigenvalue weighted by Gasteiger charge is -2.38. The topological polar surface area (TPSA) is 46.3 Å². The van der Waals surface area contributed by atoms with Crippen molar-refractivity contribution in [2.45, 2.75) is 50.0 Å². The summed E-state index contributed by atoms with van der Waals surface area (Å²) in [4.78, 5) is 15.2. The lowest BCUT2D eigenvalue weighted by atomic mass is 9.77. The number of piperidine rings is 1. The normalized spacial score (nSPS) is 21.5. The minimum atomic E-state index is -0.290. The van der Waals surface area contributed by atoms with Crippen LogP contribution in [0, 0.1) is 0 Å². The van der Waals surface area contributed by atoms with Crippen molar-refractivity contribution in [3.05, 3.63) is 34.3 Å². The summed E-state index contributed by atoms with van der Waals surface area (Å²) in [5, 5.41) is 0. The first kappa shape index (κ1) is 17.8. The number of nitrogens with two attached hydrogens (primary N) is 1. The van der Waals surface area contributed by atoms with Gasteiger partial charge in [0.15, 0.2) is 0 Å². The molecular formula is C17H24BrClN2O. The number of carbonyl (C=O) groups excluding carboxylic acids is 1. The lowest BCUT2D eigenvalue weighted by molar-refractivity contribution is -0.138. The zero-order valence-electron chi connectivity index (χ0n) is 12.8. The fraction of sp³-hybridized carbons (Fsp3) is 0.588. The van der Waals surface area contributed by atoms with Crippen LogP contribution in [-0.4, -0.2) is 29.9 Å². The van der Waals surface area contributed by atoms with Crippen LogP contribution < -0.4 is 5.73 Å². The van der Waals surface area contributed by atoms with E-state index in [0.29, 0.717) is 5.91 Å². The van der Waals surface area contributed by atoms with E-state index in [1.54, 1.807) is 0 Å². The van der Waals surface area contributed by atoms with Gasteiger partial charge in [0.05, 0.1) is 5.41 Å². The number of rotatable bonds is 2. The van der Waals surface area contributed by atoms with Gasteiger partial charge in [0.25, 0.3) is 0 Å². The summed E-state index contributed by atoms with van der Waals surface area (Å²) in [5.74, 6) is 0.328. The van der Waals surface area contributed by atoms with E-state index in [2.05, 4.69) is 45.1 Å². The van der Waals surface area contributed by atoms with E-state index in [1.807, 2.05) is 0 Å². The fourth-order valence-electron chi connectivity index (χ4n) is 3.78. The van der Waals surface area contributed by atoms with E-state index in [0.717, 1.165) is 56.1 Å². The molecule has 3 nitrogen and oxygen atoms in total. The number of likely N-dealkylation sites (tertiary alicyclic amines) is 1. The standard InChI is InChI=1S/C17H23BrN2O.ClH/c18-14-5-3-13(4-6-14)17(9-1-2-10-17)16(21)20-11-7-15(19)8-12-20;/h3-6,15H,1-2,7-12,19H2;1H. The van der Waals surface area contributed by atoms with Gasteiger partial charge in [-0.15, -0.1) is 12.4 Å². The Labute approximate surface area is 147 Å². The monoisotopic (exact) mass is 386 g/mol. The van der Waals surface area contributed by atoms with E-state index in [-0.39, 0.29) is 23.9 Å². The number of nitrogens with zero attached hydrogens (tertiary/aromatic N) is 1. The molecule has 1 aliphatic carbocycles. The Hall–Kier alpha value is -0.580. The Balaban J connectivity index is 0.00000176. The molecule has 1 saturated heterocycles. The first-order chi connectivity index (χ1) is 10.1. The minimum Gasteiger partial charge on any atom is -0.342 e. The Morgan fingerprint density at radius 3 is 2.23 bits per heavy atom. The molecule has 5 heteroatoms. The third-order valence-corrected chi connectivity index (χ3v) is 5.62. The average Bonchev–Trinajstić information content (AvgIpc) is 2.99. The molecule has 22 heavy (non-hydrogen) atoms. The highest BCUT2D eigenvalue weighted by Gasteiger charge is 2.45. The third kappa shape index (κ3) is 3.34. The van der Waals surface area contributed by atoms with Crippen molar-refractivity contribution in [1.82, 2.24) is 4.90 Å². The molecule has 1 amide bonds. The second-order valence-corrected chi connectivity index (χ2v) is 7.34. The molecule has 1 aliphatic heterocycles. The highest BCUT2D eigenvalue weighted by molar-refractivity contribution is 9.10. The maximum atomic E-state index is 13.2. The van der Waals surface area contributed by atoms with E-state index >= 15 is 0 Å². The van der Waals surface area contributed by atoms with E-state index < -0.39 is 0 Å². The minimum absolute atomic E-state index is 0. The summed E-state index contributed by atoms with van der Waals surface area (Å²) >= 11 is 3.48. The Kier molecular flexibility index (Phi) is 5.92. The number of benzene rings is 1. The van der Waals surface area contributed by atoms with Crippen LogP contribution in [0.25, 0.3) is 0 Å². The average molecular weight is 388 g/mol. The van der Waals surface area contributed by atoms with Crippen molar-refractivity contribution in [2.75, 3.05) is 13.1 Å². The van der Waals surface area contributed by atoms with Crippen LogP contribution in [-0.2, 0) is 10.2 Å². The molecule has 2 aliphatic rings. The summed E-state index contributed by atoms with van der Waals surface area (Å²) in [6, 6.07) is 8.59. The number of halogens is 2. The van der Waals surface area contributed by atoms with Crippen molar-refractivity contribution in [3.63, 3.8) is 0 Å². The quantitative estimate of drug-likeness (QED) is 0.842. The Bertz CT molecular complexity index is 506. The van der Waals surface area contributed by atoms with Gasteiger partial charge in [-0.2, -0.15) is 0 Å². The maximum absolute atomic E-state index is 13.2. The maximum Gasteiger partial charge on any atom is 0.233 e. The summed E-state index contributed by atoms with van der Waals surface area (Å²) in [6.45, 7) is 1.64. The summed E-state index contributed by atoms with van der Waals surface area (Å²) < 4.78 is 1.07. The Morgan fingerprint density at radius 1 is 1.14 bits per heavy atom. The van der Waals surface area contributed by atoms with Crippen LogP contribution >= 0.6 is 28.3 Å². The van der Waals surface area contributed by atoms with Crippen LogP contribution in [0.3, 0.4) is 0 Å². The van der Waals surface area contributed by atoms with E-state index in [9.17, 15) is 4.79 Å². The first-order valence-electron chi connectivity index (χ1n) is 7.93. The predicted molar refractivity (Wildman–Crippen MR) is 95.3 cm³/mol. The van der Waals surface area contributed by atoms with Crippen LogP contribution in [0.1, 0.15) is 44.1 Å². The van der Waals surface area contributed by atoms with Gasteiger partial charge < -0.3 is 10.6 Å². The molecular weight excluding hydrogens is 364 g/mol. The predicted octanol–water partition coefficient (Wildman–Crippen LogP) is 3.63. The van der Waals surface area contributed by atoms with E-state index in [4.69, 9.17) is 5.73 Å². The number of amides is 1. The zero-order chi connectivity index (χ0) is 14.9. The molecule has 0 aromatic heterocycles. The van der Waals surface area contributed by atoms with Crippen LogP contribution in [0.5, 0.6) is 0 Å². The molecule has 1 heterocycles. The van der Waals surface area contributed by atoms with Crippen LogP contribution in [0.15, 0.2) is 28.7 Å². The number of hydrogen-bond donors (Lipinski definition) is 1. The van der Waals surface area contributed by atoms with Crippen LogP contribution in [0.2, 0.25) is 0 Å². The molecule has 2 fully saturated rings. The SMILES string of the molecule is Cl.NC1CCN(C(=O)C2(c3ccc(Br)cc3)CCCC2)CC1. The molecule has 0 atom stereocenters. The van der Waals surface area contributed by atoms with Gasteiger partial charge in [-0.3, -0.25) is 4.79 Å². The van der Waals surface area contributed by atoms with Crippen molar-refractivity contribution < 1.29 is 4.79 Å². The van der Waals surface area contributed by atoms with Gasteiger partial charge in [-0.05, 0) is 43.4 Å². The second-order valence-electron chi connectivity index (χ2n) is 6.43. The van der Waals surface area contributed by atoms with Crippen molar-refractivity contribution in [1.29, 1.82) is 0 Å². The van der Waals surface area contributed by atoms with Crippen molar-refractivity contribution in [3.8, 4) is 0 Å². The summed E-state index contributed by atoms with van der Waals surface area (Å²) in [5.41, 5.74) is 6.86. The van der Waals surface area contributed by atoms with Crippen molar-refractivity contribution >= 4 is 34.2 Å². The first-order valence-corrected chi connectivity index (χ1v) is 8.72. The molecule has 1 saturated carbocycles. The molecule has 0 bridgehead atoms. The largest absolute Gasteiger partial charge is 0.342 e. The van der Waals surface area contributed by atoms with Gasteiger partial charge in [-0.25, -0.2) is 0 Å². The van der Waals surface area contributed by atoms with Gasteiger partial charge in [0, 0.05) is 23.6 Å². The summed E-state index contributed by atoms with van der Waals surface area (Å²) in [6.07, 6.45) is 6.13. The zero-order valence-corrected chi connectivity index (χ0v) is 15.2.